The van der Waals surface area contributed by atoms with Crippen LogP contribution in [0, 0.1) is 52.8 Å². The highest BCUT2D eigenvalue weighted by Gasteiger charge is 2.56. The van der Waals surface area contributed by atoms with E-state index in [2.05, 4.69) is 41.6 Å². The summed E-state index contributed by atoms with van der Waals surface area (Å²) in [5.74, 6) is 10.8. The van der Waals surface area contributed by atoms with E-state index < -0.39 is 5.60 Å². The van der Waals surface area contributed by atoms with Crippen LogP contribution in [0.5, 0.6) is 0 Å². The quantitative estimate of drug-likeness (QED) is 0.531. The fraction of sp³-hybridized carbons (Fsp3) is 0.714. The van der Waals surface area contributed by atoms with Crippen LogP contribution < -0.4 is 0 Å². The number of allylic oxidation sites excluding steroid dienone is 2. The van der Waals surface area contributed by atoms with Crippen LogP contribution in [0.15, 0.2) is 36.2 Å². The molecule has 0 amide bonds. The van der Waals surface area contributed by atoms with E-state index in [1.54, 1.807) is 17.2 Å². The number of fused-ring (bicyclic) bond motifs is 5. The maximum atomic E-state index is 11.1. The lowest BCUT2D eigenvalue weighted by molar-refractivity contribution is -0.0205. The van der Waals surface area contributed by atoms with Crippen LogP contribution in [0.1, 0.15) is 71.1 Å². The molecule has 0 spiro atoms. The summed E-state index contributed by atoms with van der Waals surface area (Å²) in [5.41, 5.74) is 2.44. The minimum atomic E-state index is -0.766. The Morgan fingerprint density at radius 1 is 1.12 bits per heavy atom. The van der Waals surface area contributed by atoms with E-state index in [1.165, 1.54) is 56.1 Å². The van der Waals surface area contributed by atoms with Crippen molar-refractivity contribution in [3.8, 4) is 11.8 Å². The van der Waals surface area contributed by atoms with Gasteiger partial charge in [0, 0.05) is 12.3 Å². The van der Waals surface area contributed by atoms with E-state index in [4.69, 9.17) is 0 Å². The molecule has 32 heavy (non-hydrogen) atoms. The third-order valence-corrected chi connectivity index (χ3v) is 9.89. The summed E-state index contributed by atoms with van der Waals surface area (Å²) in [4.78, 5) is 1.79. The van der Waals surface area contributed by atoms with Gasteiger partial charge in [-0.05, 0) is 92.8 Å². The number of aliphatic hydroxyl groups is 1. The highest BCUT2D eigenvalue weighted by molar-refractivity contribution is 5.29. The molecular formula is C28H37N3O. The lowest BCUT2D eigenvalue weighted by Crippen LogP contribution is -2.47. The van der Waals surface area contributed by atoms with E-state index in [0.29, 0.717) is 23.2 Å². The first kappa shape index (κ1) is 20.7. The Balaban J connectivity index is 1.18. The Hall–Kier alpha value is -1.86. The van der Waals surface area contributed by atoms with Crippen LogP contribution in [0.25, 0.3) is 0 Å². The number of nitrogens with zero attached hydrogens (tertiary/aromatic N) is 3. The largest absolute Gasteiger partial charge is 0.377 e. The van der Waals surface area contributed by atoms with Gasteiger partial charge in [0.1, 0.15) is 5.60 Å². The first-order valence-electron chi connectivity index (χ1n) is 12.9. The molecule has 5 aliphatic carbocycles. The highest BCUT2D eigenvalue weighted by atomic mass is 16.3. The van der Waals surface area contributed by atoms with Crippen molar-refractivity contribution in [1.29, 1.82) is 0 Å². The first-order valence-corrected chi connectivity index (χ1v) is 12.9. The van der Waals surface area contributed by atoms with E-state index in [0.717, 1.165) is 43.6 Å². The molecule has 0 aromatic carbocycles. The highest BCUT2D eigenvalue weighted by Crippen LogP contribution is 2.64. The molecule has 4 saturated carbocycles. The molecule has 7 atom stereocenters. The fourth-order valence-corrected chi connectivity index (χ4v) is 8.15. The topological polar surface area (TPSA) is 50.9 Å². The fourth-order valence-electron chi connectivity index (χ4n) is 8.15. The normalized spacial score (nSPS) is 42.7. The SMILES string of the molecule is C=C(Cn1nccn1)[C@H]1CC[C@H]2[C@@H]3CC=C4C[C@@](O)(C#CC5CC5)CC[C@@H]4[C@H]3CC[C@]12C. The Kier molecular flexibility index (Phi) is 4.92. The number of rotatable bonds is 3. The van der Waals surface area contributed by atoms with Crippen molar-refractivity contribution in [2.24, 2.45) is 40.9 Å². The summed E-state index contributed by atoms with van der Waals surface area (Å²) in [6.45, 7) is 7.82. The van der Waals surface area contributed by atoms with Crippen LogP contribution in [-0.2, 0) is 6.54 Å². The molecule has 170 valence electrons. The van der Waals surface area contributed by atoms with Gasteiger partial charge in [0.2, 0.25) is 0 Å². The number of hydrogen-bond acceptors (Lipinski definition) is 3. The van der Waals surface area contributed by atoms with Crippen molar-refractivity contribution < 1.29 is 5.11 Å². The maximum absolute atomic E-state index is 11.1. The van der Waals surface area contributed by atoms with Crippen molar-refractivity contribution in [3.63, 3.8) is 0 Å². The molecular weight excluding hydrogens is 394 g/mol. The summed E-state index contributed by atoms with van der Waals surface area (Å²) in [7, 11) is 0. The molecule has 1 N–H and O–H groups in total. The zero-order valence-electron chi connectivity index (χ0n) is 19.5. The van der Waals surface area contributed by atoms with E-state index in [1.807, 2.05) is 0 Å². The van der Waals surface area contributed by atoms with Gasteiger partial charge in [-0.2, -0.15) is 15.0 Å². The van der Waals surface area contributed by atoms with Crippen LogP contribution in [0.2, 0.25) is 0 Å². The number of hydrogen-bond donors (Lipinski definition) is 1. The lowest BCUT2D eigenvalue weighted by Gasteiger charge is -2.54. The summed E-state index contributed by atoms with van der Waals surface area (Å²) in [6.07, 6.45) is 17.7. The van der Waals surface area contributed by atoms with E-state index in [9.17, 15) is 5.11 Å². The second-order valence-corrected chi connectivity index (χ2v) is 11.7. The molecule has 1 aromatic heterocycles. The molecule has 0 aliphatic heterocycles. The van der Waals surface area contributed by atoms with Gasteiger partial charge in [0.25, 0.3) is 0 Å². The van der Waals surface area contributed by atoms with Gasteiger partial charge in [-0.25, -0.2) is 0 Å². The standard InChI is InChI=1S/C28H37N3O/c1-19(18-31-29-15-16-30-31)25-7-8-26-24-6-5-21-17-28(32,13-9-20-3-4-20)14-11-22(21)23(24)10-12-27(25,26)2/h5,15-16,20,22-26,32H,1,3-4,6-8,10-12,14,17-18H2,2H3/t22-,23+,24+,25+,26-,27+,28+/m0/s1. The summed E-state index contributed by atoms with van der Waals surface area (Å²) in [5, 5.41) is 19.8. The lowest BCUT2D eigenvalue weighted by atomic mass is 9.51. The second-order valence-electron chi connectivity index (χ2n) is 11.7. The molecule has 0 saturated heterocycles. The Bertz CT molecular complexity index is 980. The Labute approximate surface area is 192 Å². The zero-order valence-corrected chi connectivity index (χ0v) is 19.5. The average Bonchev–Trinajstić information content (AvgIpc) is 3.34. The molecule has 0 bridgehead atoms. The minimum Gasteiger partial charge on any atom is -0.377 e. The van der Waals surface area contributed by atoms with Crippen molar-refractivity contribution in [2.45, 2.75) is 83.3 Å². The third-order valence-electron chi connectivity index (χ3n) is 9.89. The summed E-state index contributed by atoms with van der Waals surface area (Å²) in [6, 6.07) is 0. The zero-order chi connectivity index (χ0) is 21.9. The molecule has 4 heteroatoms. The molecule has 4 fully saturated rings. The smallest absolute Gasteiger partial charge is 0.129 e. The molecule has 0 unspecified atom stereocenters. The van der Waals surface area contributed by atoms with Gasteiger partial charge in [0.05, 0.1) is 18.9 Å². The maximum Gasteiger partial charge on any atom is 0.129 e. The van der Waals surface area contributed by atoms with Crippen LogP contribution >= 0.6 is 0 Å². The summed E-state index contributed by atoms with van der Waals surface area (Å²) >= 11 is 0. The van der Waals surface area contributed by atoms with E-state index >= 15 is 0 Å². The van der Waals surface area contributed by atoms with Gasteiger partial charge >= 0.3 is 0 Å². The van der Waals surface area contributed by atoms with Gasteiger partial charge in [-0.3, -0.25) is 0 Å². The van der Waals surface area contributed by atoms with Crippen LogP contribution in [0.3, 0.4) is 0 Å². The molecule has 0 radical (unpaired) electrons. The minimum absolute atomic E-state index is 0.363. The second kappa shape index (κ2) is 7.59. The number of aromatic nitrogens is 3. The molecule has 1 aromatic rings. The third kappa shape index (κ3) is 3.48. The predicted molar refractivity (Wildman–Crippen MR) is 125 cm³/mol. The van der Waals surface area contributed by atoms with Gasteiger partial charge < -0.3 is 5.11 Å². The van der Waals surface area contributed by atoms with Crippen molar-refractivity contribution in [3.05, 3.63) is 36.2 Å². The van der Waals surface area contributed by atoms with Gasteiger partial charge in [-0.15, -0.1) is 0 Å². The van der Waals surface area contributed by atoms with Crippen LogP contribution in [0.4, 0.5) is 0 Å². The Morgan fingerprint density at radius 3 is 2.72 bits per heavy atom. The van der Waals surface area contributed by atoms with E-state index in [-0.39, 0.29) is 0 Å². The first-order chi connectivity index (χ1) is 15.5. The van der Waals surface area contributed by atoms with Gasteiger partial charge in [-0.1, -0.05) is 42.6 Å². The van der Waals surface area contributed by atoms with Crippen molar-refractivity contribution in [1.82, 2.24) is 15.0 Å². The van der Waals surface area contributed by atoms with Crippen molar-refractivity contribution >= 4 is 0 Å². The van der Waals surface area contributed by atoms with Gasteiger partial charge in [0.15, 0.2) is 0 Å². The summed E-state index contributed by atoms with van der Waals surface area (Å²) < 4.78 is 0. The molecule has 6 rings (SSSR count). The average molecular weight is 432 g/mol. The molecule has 5 aliphatic rings. The predicted octanol–water partition coefficient (Wildman–Crippen LogP) is 5.17. The Morgan fingerprint density at radius 2 is 1.94 bits per heavy atom. The van der Waals surface area contributed by atoms with Crippen molar-refractivity contribution in [2.75, 3.05) is 0 Å². The molecule has 1 heterocycles. The van der Waals surface area contributed by atoms with Crippen LogP contribution in [-0.4, -0.2) is 25.7 Å². The monoisotopic (exact) mass is 431 g/mol. The molecule has 4 nitrogen and oxygen atoms in total.